The van der Waals surface area contributed by atoms with Crippen molar-refractivity contribution in [2.45, 2.75) is 42.8 Å². The number of ether oxygens (including phenoxy) is 2. The van der Waals surface area contributed by atoms with Crippen LogP contribution in [-0.2, 0) is 23.3 Å². The number of carboxylic acids is 1. The van der Waals surface area contributed by atoms with Gasteiger partial charge in [0, 0.05) is 59.5 Å². The van der Waals surface area contributed by atoms with Crippen LogP contribution >= 0.6 is 23.1 Å². The van der Waals surface area contributed by atoms with E-state index in [1.54, 1.807) is 24.3 Å². The second-order valence-corrected chi connectivity index (χ2v) is 13.4. The first-order valence-corrected chi connectivity index (χ1v) is 16.2. The van der Waals surface area contributed by atoms with Crippen LogP contribution in [-0.4, -0.2) is 59.8 Å². The van der Waals surface area contributed by atoms with Gasteiger partial charge >= 0.3 is 12.1 Å². The highest BCUT2D eigenvalue weighted by atomic mass is 32.2. The molecule has 2 heterocycles. The maximum atomic E-state index is 13.4. The van der Waals surface area contributed by atoms with Crippen molar-refractivity contribution < 1.29 is 36.9 Å². The van der Waals surface area contributed by atoms with Gasteiger partial charge in [-0.15, -0.1) is 23.1 Å². The lowest BCUT2D eigenvalue weighted by Crippen LogP contribution is -2.46. The van der Waals surface area contributed by atoms with E-state index in [1.807, 2.05) is 6.07 Å². The normalized spacial score (nSPS) is 14.4. The fraction of sp³-hybridized carbons (Fsp3) is 0.333. The average molecular weight is 676 g/mol. The Labute approximate surface area is 272 Å². The third kappa shape index (κ3) is 8.12. The van der Waals surface area contributed by atoms with Crippen LogP contribution in [0.4, 0.5) is 23.2 Å². The molecule has 5 rings (SSSR count). The van der Waals surface area contributed by atoms with Gasteiger partial charge in [0.1, 0.15) is 10.8 Å². The van der Waals surface area contributed by atoms with E-state index < -0.39 is 23.3 Å². The van der Waals surface area contributed by atoms with Crippen molar-refractivity contribution >= 4 is 34.8 Å². The largest absolute Gasteiger partial charge is 0.493 e. The van der Waals surface area contributed by atoms with Crippen LogP contribution in [0.5, 0.6) is 11.5 Å². The summed E-state index contributed by atoms with van der Waals surface area (Å²) in [7, 11) is 1.48. The number of halogens is 4. The maximum Gasteiger partial charge on any atom is 0.416 e. The molecule has 4 aromatic rings. The van der Waals surface area contributed by atoms with E-state index in [1.165, 1.54) is 68.3 Å². The van der Waals surface area contributed by atoms with Crippen LogP contribution in [0.15, 0.2) is 71.6 Å². The van der Waals surface area contributed by atoms with Crippen LogP contribution < -0.4 is 14.4 Å². The van der Waals surface area contributed by atoms with Gasteiger partial charge in [0.25, 0.3) is 0 Å². The van der Waals surface area contributed by atoms with Crippen LogP contribution in [0.2, 0.25) is 0 Å². The summed E-state index contributed by atoms with van der Waals surface area (Å²) in [5.74, 6) is -0.125. The third-order valence-electron chi connectivity index (χ3n) is 7.56. The van der Waals surface area contributed by atoms with Crippen molar-refractivity contribution in [3.63, 3.8) is 0 Å². The van der Waals surface area contributed by atoms with Gasteiger partial charge in [-0.05, 0) is 68.4 Å². The highest BCUT2D eigenvalue weighted by Gasteiger charge is 2.31. The number of nitrogens with zero attached hydrogens (tertiary/aromatic N) is 3. The van der Waals surface area contributed by atoms with Crippen molar-refractivity contribution in [3.05, 3.63) is 88.7 Å². The summed E-state index contributed by atoms with van der Waals surface area (Å²) in [6, 6.07) is 16.8. The van der Waals surface area contributed by atoms with E-state index in [2.05, 4.69) is 9.80 Å². The Balaban J connectivity index is 1.34. The van der Waals surface area contributed by atoms with E-state index in [4.69, 9.17) is 14.5 Å². The van der Waals surface area contributed by atoms with Gasteiger partial charge in [-0.3, -0.25) is 4.90 Å². The lowest BCUT2D eigenvalue weighted by atomic mass is 10.1. The summed E-state index contributed by atoms with van der Waals surface area (Å²) in [6.07, 6.45) is -4.42. The summed E-state index contributed by atoms with van der Waals surface area (Å²) >= 11 is 2.99. The number of carboxylic acid groups (broad SMARTS) is 1. The van der Waals surface area contributed by atoms with Gasteiger partial charge in [0.2, 0.25) is 0 Å². The quantitative estimate of drug-likeness (QED) is 0.127. The number of alkyl halides is 3. The first-order chi connectivity index (χ1) is 21.8. The lowest BCUT2D eigenvalue weighted by molar-refractivity contribution is -0.152. The van der Waals surface area contributed by atoms with Gasteiger partial charge in [-0.1, -0.05) is 12.1 Å². The molecule has 1 aromatic heterocycles. The van der Waals surface area contributed by atoms with E-state index >= 15 is 0 Å². The monoisotopic (exact) mass is 675 g/mol. The molecule has 0 bridgehead atoms. The van der Waals surface area contributed by atoms with Gasteiger partial charge < -0.3 is 19.5 Å². The maximum absolute atomic E-state index is 13.4. The van der Waals surface area contributed by atoms with Crippen molar-refractivity contribution in [3.8, 4) is 22.1 Å². The molecule has 0 radical (unpaired) electrons. The van der Waals surface area contributed by atoms with Gasteiger partial charge in [0.05, 0.1) is 18.4 Å². The highest BCUT2D eigenvalue weighted by molar-refractivity contribution is 7.98. The molecule has 0 aliphatic carbocycles. The topological polar surface area (TPSA) is 75.1 Å². The minimum Gasteiger partial charge on any atom is -0.493 e. The zero-order valence-corrected chi connectivity index (χ0v) is 27.1. The van der Waals surface area contributed by atoms with Crippen molar-refractivity contribution in [2.24, 2.45) is 0 Å². The number of aromatic nitrogens is 1. The lowest BCUT2D eigenvalue weighted by Gasteiger charge is -2.36. The molecule has 0 saturated carbocycles. The summed E-state index contributed by atoms with van der Waals surface area (Å²) in [5.41, 5.74) is 0.280. The minimum absolute atomic E-state index is 0.273. The van der Waals surface area contributed by atoms with Gasteiger partial charge in [-0.2, -0.15) is 13.2 Å². The highest BCUT2D eigenvalue weighted by Crippen LogP contribution is 2.39. The molecule has 0 unspecified atom stereocenters. The Bertz CT molecular complexity index is 1650. The van der Waals surface area contributed by atoms with E-state index in [0.29, 0.717) is 34.4 Å². The molecule has 1 fully saturated rings. The Kier molecular flexibility index (Phi) is 10.1. The Morgan fingerprint density at radius 3 is 2.26 bits per heavy atom. The number of anilines is 1. The van der Waals surface area contributed by atoms with Crippen molar-refractivity contribution in [1.29, 1.82) is 0 Å². The second kappa shape index (κ2) is 13.9. The number of thiazole rings is 1. The van der Waals surface area contributed by atoms with Crippen molar-refractivity contribution in [2.75, 3.05) is 38.2 Å². The first kappa shape index (κ1) is 33.6. The van der Waals surface area contributed by atoms with Gasteiger partial charge in [-0.25, -0.2) is 14.2 Å². The number of aliphatic carboxylic acids is 1. The molecular weight excluding hydrogens is 643 g/mol. The standard InChI is InChI=1S/C33H33F4N3O4S2/c1-32(2,31(41)42)44-27-13-12-25(18-28(27)43-3)45-20-29-26(38-30(46-29)21-4-6-22(7-5-21)33(35,36)37)19-39-14-16-40(17-15-39)24-10-8-23(34)9-11-24/h4-13,18H,14-17,19-20H2,1-3H3,(H,41,42). The predicted molar refractivity (Wildman–Crippen MR) is 171 cm³/mol. The SMILES string of the molecule is COc1cc(SCc2sc(-c3ccc(C(F)(F)F)cc3)nc2CN2CCN(c3ccc(F)cc3)CC2)ccc1OC(C)(C)C(=O)O. The summed E-state index contributed by atoms with van der Waals surface area (Å²) < 4.78 is 64.1. The number of rotatable bonds is 11. The predicted octanol–water partition coefficient (Wildman–Crippen LogP) is 7.83. The molecule has 7 nitrogen and oxygen atoms in total. The smallest absolute Gasteiger partial charge is 0.416 e. The molecule has 0 atom stereocenters. The van der Waals surface area contributed by atoms with E-state index in [9.17, 15) is 27.5 Å². The Morgan fingerprint density at radius 1 is 0.978 bits per heavy atom. The molecule has 3 aromatic carbocycles. The van der Waals surface area contributed by atoms with Crippen LogP contribution in [0.25, 0.3) is 10.6 Å². The molecule has 1 saturated heterocycles. The molecular formula is C33H33F4N3O4S2. The molecule has 1 aliphatic heterocycles. The molecule has 0 amide bonds. The van der Waals surface area contributed by atoms with Crippen molar-refractivity contribution in [1.82, 2.24) is 9.88 Å². The molecule has 244 valence electrons. The minimum atomic E-state index is -4.42. The zero-order chi connectivity index (χ0) is 33.1. The Hall–Kier alpha value is -3.81. The summed E-state index contributed by atoms with van der Waals surface area (Å²) in [6.45, 7) is 6.55. The van der Waals surface area contributed by atoms with E-state index in [0.717, 1.165) is 59.5 Å². The first-order valence-electron chi connectivity index (χ1n) is 14.4. The molecule has 13 heteroatoms. The van der Waals surface area contributed by atoms with Gasteiger partial charge in [0.15, 0.2) is 17.1 Å². The van der Waals surface area contributed by atoms with Crippen LogP contribution in [0.1, 0.15) is 30.0 Å². The molecule has 0 spiro atoms. The summed E-state index contributed by atoms with van der Waals surface area (Å²) in [4.78, 5) is 22.8. The molecule has 1 aliphatic rings. The van der Waals surface area contributed by atoms with Crippen LogP contribution in [0.3, 0.4) is 0 Å². The number of thioether (sulfide) groups is 1. The third-order valence-corrected chi connectivity index (χ3v) is 9.91. The summed E-state index contributed by atoms with van der Waals surface area (Å²) in [5, 5.41) is 10.1. The number of methoxy groups -OCH3 is 1. The van der Waals surface area contributed by atoms with E-state index in [-0.39, 0.29) is 5.82 Å². The fourth-order valence-corrected chi connectivity index (χ4v) is 6.96. The number of piperazine rings is 1. The fourth-order valence-electron chi connectivity index (χ4n) is 4.86. The average Bonchev–Trinajstić information content (AvgIpc) is 3.43. The number of carbonyl (C=O) groups is 1. The second-order valence-electron chi connectivity index (χ2n) is 11.2. The zero-order valence-electron chi connectivity index (χ0n) is 25.4. The number of hydrogen-bond donors (Lipinski definition) is 1. The van der Waals surface area contributed by atoms with Crippen LogP contribution in [0, 0.1) is 5.82 Å². The Morgan fingerprint density at radius 2 is 1.65 bits per heavy atom. The number of hydrogen-bond acceptors (Lipinski definition) is 8. The molecule has 1 N–H and O–H groups in total. The number of benzene rings is 3. The molecule has 46 heavy (non-hydrogen) atoms.